The van der Waals surface area contributed by atoms with Crippen LogP contribution in [-0.4, -0.2) is 17.6 Å². The predicted molar refractivity (Wildman–Crippen MR) is 110 cm³/mol. The number of rotatable bonds is 5. The molecule has 0 bridgehead atoms. The number of halogens is 1. The van der Waals surface area contributed by atoms with Crippen molar-refractivity contribution in [1.82, 2.24) is 4.57 Å². The van der Waals surface area contributed by atoms with Crippen LogP contribution in [-0.2, 0) is 4.79 Å². The number of nitrogens with one attached hydrogen (secondary N) is 1. The van der Waals surface area contributed by atoms with E-state index in [9.17, 15) is 14.4 Å². The molecule has 29 heavy (non-hydrogen) atoms. The minimum atomic E-state index is -0.496. The van der Waals surface area contributed by atoms with Gasteiger partial charge in [0.2, 0.25) is 0 Å². The Morgan fingerprint density at radius 2 is 1.79 bits per heavy atom. The van der Waals surface area contributed by atoms with Gasteiger partial charge in [-0.05, 0) is 80.1 Å². The summed E-state index contributed by atoms with van der Waals surface area (Å²) < 4.78 is 20.3. The Kier molecular flexibility index (Phi) is 5.79. The molecule has 5 nitrogen and oxygen atoms in total. The number of carbonyl (C=O) groups is 1. The van der Waals surface area contributed by atoms with Gasteiger partial charge in [-0.25, -0.2) is 4.39 Å². The van der Waals surface area contributed by atoms with Gasteiger partial charge >= 0.3 is 0 Å². The number of benzene rings is 2. The lowest BCUT2D eigenvalue weighted by molar-refractivity contribution is -0.112. The molecule has 1 amide bonds. The first-order valence-electron chi connectivity index (χ1n) is 8.95. The summed E-state index contributed by atoms with van der Waals surface area (Å²) in [6, 6.07) is 16.9. The summed E-state index contributed by atoms with van der Waals surface area (Å²) in [5.41, 5.74) is 3.86. The largest absolute Gasteiger partial charge is 0.497 e. The maximum absolute atomic E-state index is 13.2. The van der Waals surface area contributed by atoms with E-state index in [2.05, 4.69) is 5.32 Å². The predicted octanol–water partition coefficient (Wildman–Crippen LogP) is 4.79. The third-order valence-corrected chi connectivity index (χ3v) is 4.57. The number of methoxy groups -OCH3 is 1. The minimum absolute atomic E-state index is 0.0137. The van der Waals surface area contributed by atoms with E-state index in [1.807, 2.05) is 30.6 Å². The summed E-state index contributed by atoms with van der Waals surface area (Å²) in [6.45, 7) is 3.80. The van der Waals surface area contributed by atoms with Gasteiger partial charge in [-0.3, -0.25) is 4.79 Å². The van der Waals surface area contributed by atoms with Crippen LogP contribution < -0.4 is 10.1 Å². The SMILES string of the molecule is COc1ccc(NC(=O)/C(C#N)=C/c2cc(C)n(-c3ccc(F)cc3)c2C)cc1. The second-order valence-corrected chi connectivity index (χ2v) is 6.49. The van der Waals surface area contributed by atoms with E-state index >= 15 is 0 Å². The van der Waals surface area contributed by atoms with Crippen LogP contribution in [0.1, 0.15) is 17.0 Å². The first-order valence-corrected chi connectivity index (χ1v) is 8.95. The Hall–Kier alpha value is -3.85. The van der Waals surface area contributed by atoms with Crippen LogP contribution in [0.15, 0.2) is 60.2 Å². The lowest BCUT2D eigenvalue weighted by Gasteiger charge is -2.09. The van der Waals surface area contributed by atoms with Gasteiger partial charge in [0.15, 0.2) is 0 Å². The van der Waals surface area contributed by atoms with Crippen LogP contribution in [0.25, 0.3) is 11.8 Å². The zero-order chi connectivity index (χ0) is 21.0. The number of amides is 1. The molecular formula is C23H20FN3O2. The Morgan fingerprint density at radius 1 is 1.14 bits per heavy atom. The van der Waals surface area contributed by atoms with E-state index in [4.69, 9.17) is 4.74 Å². The van der Waals surface area contributed by atoms with Crippen molar-refractivity contribution >= 4 is 17.7 Å². The average Bonchev–Trinajstić information content (AvgIpc) is 3.00. The van der Waals surface area contributed by atoms with E-state index in [1.165, 1.54) is 12.1 Å². The number of nitriles is 1. The molecule has 146 valence electrons. The molecule has 0 unspecified atom stereocenters. The van der Waals surface area contributed by atoms with E-state index < -0.39 is 5.91 Å². The van der Waals surface area contributed by atoms with Crippen LogP contribution in [0.4, 0.5) is 10.1 Å². The number of hydrogen-bond acceptors (Lipinski definition) is 3. The molecule has 3 rings (SSSR count). The fourth-order valence-electron chi connectivity index (χ4n) is 3.10. The third kappa shape index (κ3) is 4.36. The van der Waals surface area contributed by atoms with Gasteiger partial charge in [0.25, 0.3) is 5.91 Å². The molecule has 0 saturated heterocycles. The highest BCUT2D eigenvalue weighted by Gasteiger charge is 2.14. The van der Waals surface area contributed by atoms with Crippen molar-refractivity contribution in [1.29, 1.82) is 5.26 Å². The first kappa shape index (κ1) is 19.9. The number of aromatic nitrogens is 1. The number of nitrogens with zero attached hydrogens (tertiary/aromatic N) is 2. The highest BCUT2D eigenvalue weighted by molar-refractivity contribution is 6.09. The zero-order valence-corrected chi connectivity index (χ0v) is 16.4. The molecule has 0 atom stereocenters. The maximum Gasteiger partial charge on any atom is 0.266 e. The van der Waals surface area contributed by atoms with Gasteiger partial charge in [-0.15, -0.1) is 0 Å². The molecular weight excluding hydrogens is 369 g/mol. The fraction of sp³-hybridized carbons (Fsp3) is 0.130. The quantitative estimate of drug-likeness (QED) is 0.504. The van der Waals surface area contributed by atoms with Crippen LogP contribution in [0.5, 0.6) is 5.75 Å². The molecule has 3 aromatic rings. The second-order valence-electron chi connectivity index (χ2n) is 6.49. The van der Waals surface area contributed by atoms with Crippen molar-refractivity contribution < 1.29 is 13.9 Å². The number of aryl methyl sites for hydroxylation is 1. The molecule has 1 heterocycles. The standard InChI is InChI=1S/C23H20FN3O2/c1-15-12-17(16(2)27(15)21-8-4-19(24)5-9-21)13-18(14-25)23(28)26-20-6-10-22(29-3)11-7-20/h4-13H,1-3H3,(H,26,28)/b18-13+. The lowest BCUT2D eigenvalue weighted by Crippen LogP contribution is -2.13. The molecule has 1 aromatic heterocycles. The van der Waals surface area contributed by atoms with Crippen molar-refractivity contribution in [2.45, 2.75) is 13.8 Å². The van der Waals surface area contributed by atoms with Crippen molar-refractivity contribution in [3.05, 3.63) is 82.9 Å². The second kappa shape index (κ2) is 8.44. The summed E-state index contributed by atoms with van der Waals surface area (Å²) in [5, 5.41) is 12.2. The van der Waals surface area contributed by atoms with Gasteiger partial charge < -0.3 is 14.6 Å². The van der Waals surface area contributed by atoms with Gasteiger partial charge in [-0.2, -0.15) is 5.26 Å². The van der Waals surface area contributed by atoms with E-state index in [0.29, 0.717) is 11.4 Å². The molecule has 0 saturated carbocycles. The van der Waals surface area contributed by atoms with Crippen LogP contribution >= 0.6 is 0 Å². The molecule has 0 aliphatic rings. The van der Waals surface area contributed by atoms with E-state index in [0.717, 1.165) is 22.6 Å². The van der Waals surface area contributed by atoms with Gasteiger partial charge in [0, 0.05) is 22.8 Å². The number of hydrogen-bond donors (Lipinski definition) is 1. The normalized spacial score (nSPS) is 11.1. The lowest BCUT2D eigenvalue weighted by atomic mass is 10.1. The summed E-state index contributed by atoms with van der Waals surface area (Å²) in [5.74, 6) is -0.130. The molecule has 0 radical (unpaired) electrons. The monoisotopic (exact) mass is 389 g/mol. The molecule has 1 N–H and O–H groups in total. The van der Waals surface area contributed by atoms with Crippen molar-refractivity contribution in [2.24, 2.45) is 0 Å². The minimum Gasteiger partial charge on any atom is -0.497 e. The van der Waals surface area contributed by atoms with Crippen molar-refractivity contribution in [2.75, 3.05) is 12.4 Å². The van der Waals surface area contributed by atoms with E-state index in [1.54, 1.807) is 49.6 Å². The van der Waals surface area contributed by atoms with Gasteiger partial charge in [0.1, 0.15) is 23.2 Å². The van der Waals surface area contributed by atoms with E-state index in [-0.39, 0.29) is 11.4 Å². The first-order chi connectivity index (χ1) is 13.9. The smallest absolute Gasteiger partial charge is 0.266 e. The molecule has 0 fully saturated rings. The number of carbonyl (C=O) groups excluding carboxylic acids is 1. The topological polar surface area (TPSA) is 67.0 Å². The van der Waals surface area contributed by atoms with Crippen molar-refractivity contribution in [3.8, 4) is 17.5 Å². The Labute approximate surface area is 168 Å². The van der Waals surface area contributed by atoms with Gasteiger partial charge in [-0.1, -0.05) is 0 Å². The summed E-state index contributed by atoms with van der Waals surface area (Å²) in [4.78, 5) is 12.5. The van der Waals surface area contributed by atoms with Crippen LogP contribution in [0, 0.1) is 31.0 Å². The maximum atomic E-state index is 13.2. The molecule has 0 aliphatic carbocycles. The van der Waals surface area contributed by atoms with Crippen molar-refractivity contribution in [3.63, 3.8) is 0 Å². The summed E-state index contributed by atoms with van der Waals surface area (Å²) in [6.07, 6.45) is 1.56. The van der Waals surface area contributed by atoms with Crippen LogP contribution in [0.2, 0.25) is 0 Å². The Balaban J connectivity index is 1.88. The number of ether oxygens (including phenoxy) is 1. The summed E-state index contributed by atoms with van der Waals surface area (Å²) >= 11 is 0. The average molecular weight is 389 g/mol. The molecule has 0 aliphatic heterocycles. The fourth-order valence-corrected chi connectivity index (χ4v) is 3.10. The number of anilines is 1. The summed E-state index contributed by atoms with van der Waals surface area (Å²) in [7, 11) is 1.56. The molecule has 6 heteroatoms. The Bertz CT molecular complexity index is 1100. The highest BCUT2D eigenvalue weighted by atomic mass is 19.1. The van der Waals surface area contributed by atoms with Gasteiger partial charge in [0.05, 0.1) is 7.11 Å². The Morgan fingerprint density at radius 3 is 2.38 bits per heavy atom. The molecule has 2 aromatic carbocycles. The zero-order valence-electron chi connectivity index (χ0n) is 16.4. The highest BCUT2D eigenvalue weighted by Crippen LogP contribution is 2.23. The molecule has 0 spiro atoms. The third-order valence-electron chi connectivity index (χ3n) is 4.57. The van der Waals surface area contributed by atoms with Crippen LogP contribution in [0.3, 0.4) is 0 Å².